The van der Waals surface area contributed by atoms with Gasteiger partial charge in [0, 0.05) is 0 Å². The monoisotopic (exact) mass is 281 g/mol. The van der Waals surface area contributed by atoms with E-state index >= 15 is 0 Å². The molecular formula is C15H23NO4. The van der Waals surface area contributed by atoms with Gasteiger partial charge in [0.2, 0.25) is 0 Å². The molecule has 5 nitrogen and oxygen atoms in total. The zero-order valence-corrected chi connectivity index (χ0v) is 12.3. The van der Waals surface area contributed by atoms with Crippen LogP contribution in [-0.4, -0.2) is 38.4 Å². The summed E-state index contributed by atoms with van der Waals surface area (Å²) in [6.45, 7) is 5.05. The first-order valence-electron chi connectivity index (χ1n) is 6.69. The molecule has 0 radical (unpaired) electrons. The summed E-state index contributed by atoms with van der Waals surface area (Å²) < 4.78 is 15.5. The summed E-state index contributed by atoms with van der Waals surface area (Å²) in [7, 11) is 1.33. The van der Waals surface area contributed by atoms with Crippen molar-refractivity contribution < 1.29 is 19.0 Å². The van der Waals surface area contributed by atoms with Gasteiger partial charge in [-0.1, -0.05) is 12.1 Å². The van der Waals surface area contributed by atoms with Crippen LogP contribution in [0.15, 0.2) is 24.3 Å². The number of carbonyl (C=O) groups excluding carboxylic acids is 1. The lowest BCUT2D eigenvalue weighted by molar-refractivity contribution is -0.142. The molecule has 0 spiro atoms. The van der Waals surface area contributed by atoms with Crippen molar-refractivity contribution in [2.24, 2.45) is 5.73 Å². The van der Waals surface area contributed by atoms with Gasteiger partial charge in [0.1, 0.15) is 18.4 Å². The predicted molar refractivity (Wildman–Crippen MR) is 76.7 cm³/mol. The van der Waals surface area contributed by atoms with Gasteiger partial charge >= 0.3 is 5.97 Å². The van der Waals surface area contributed by atoms with Crippen LogP contribution in [0.4, 0.5) is 0 Å². The van der Waals surface area contributed by atoms with Crippen molar-refractivity contribution >= 4 is 5.97 Å². The fourth-order valence-corrected chi connectivity index (χ4v) is 1.65. The van der Waals surface area contributed by atoms with Crippen LogP contribution in [0, 0.1) is 0 Å². The molecule has 1 unspecified atom stereocenters. The Morgan fingerprint density at radius 2 is 1.85 bits per heavy atom. The summed E-state index contributed by atoms with van der Waals surface area (Å²) in [5, 5.41) is 0. The average molecular weight is 281 g/mol. The molecule has 0 bridgehead atoms. The second-order valence-electron chi connectivity index (χ2n) is 4.75. The number of benzene rings is 1. The quantitative estimate of drug-likeness (QED) is 0.578. The highest BCUT2D eigenvalue weighted by Crippen LogP contribution is 2.13. The molecule has 0 saturated heterocycles. The lowest BCUT2D eigenvalue weighted by Gasteiger charge is -2.11. The summed E-state index contributed by atoms with van der Waals surface area (Å²) >= 11 is 0. The molecule has 0 amide bonds. The fourth-order valence-electron chi connectivity index (χ4n) is 1.65. The van der Waals surface area contributed by atoms with E-state index in [1.54, 1.807) is 0 Å². The number of hydrogen-bond donors (Lipinski definition) is 1. The minimum atomic E-state index is -0.633. The summed E-state index contributed by atoms with van der Waals surface area (Å²) in [5.41, 5.74) is 6.67. The Balaban J connectivity index is 2.38. The lowest BCUT2D eigenvalue weighted by atomic mass is 10.1. The predicted octanol–water partition coefficient (Wildman–Crippen LogP) is 1.53. The first-order valence-corrected chi connectivity index (χ1v) is 6.69. The number of hydrogen-bond acceptors (Lipinski definition) is 5. The second kappa shape index (κ2) is 8.55. The number of nitrogens with two attached hydrogens (primary N) is 1. The highest BCUT2D eigenvalue weighted by atomic mass is 16.5. The Bertz CT molecular complexity index is 403. The number of ether oxygens (including phenoxy) is 3. The summed E-state index contributed by atoms with van der Waals surface area (Å²) in [5.74, 6) is 0.365. The molecule has 0 saturated carbocycles. The Morgan fingerprint density at radius 1 is 1.20 bits per heavy atom. The number of rotatable bonds is 8. The molecule has 112 valence electrons. The highest BCUT2D eigenvalue weighted by Gasteiger charge is 2.13. The zero-order valence-electron chi connectivity index (χ0n) is 12.3. The third-order valence-corrected chi connectivity index (χ3v) is 2.69. The maximum absolute atomic E-state index is 11.2. The van der Waals surface area contributed by atoms with Crippen molar-refractivity contribution in [3.05, 3.63) is 29.8 Å². The summed E-state index contributed by atoms with van der Waals surface area (Å²) in [6, 6.07) is 6.86. The van der Waals surface area contributed by atoms with Crippen LogP contribution < -0.4 is 10.5 Å². The van der Waals surface area contributed by atoms with Crippen molar-refractivity contribution in [2.45, 2.75) is 32.4 Å². The number of esters is 1. The summed E-state index contributed by atoms with van der Waals surface area (Å²) in [4.78, 5) is 11.2. The third kappa shape index (κ3) is 6.04. The molecule has 1 aromatic rings. The number of carbonyl (C=O) groups is 1. The van der Waals surface area contributed by atoms with Gasteiger partial charge in [0.25, 0.3) is 0 Å². The molecule has 20 heavy (non-hydrogen) atoms. The minimum Gasteiger partial charge on any atom is -0.491 e. The Hall–Kier alpha value is -1.59. The van der Waals surface area contributed by atoms with Crippen molar-refractivity contribution in [1.82, 2.24) is 0 Å². The molecule has 2 N–H and O–H groups in total. The van der Waals surface area contributed by atoms with E-state index in [-0.39, 0.29) is 6.10 Å². The molecule has 0 aromatic heterocycles. The van der Waals surface area contributed by atoms with Crippen LogP contribution in [0.25, 0.3) is 0 Å². The van der Waals surface area contributed by atoms with E-state index < -0.39 is 12.0 Å². The van der Waals surface area contributed by atoms with E-state index in [1.165, 1.54) is 7.11 Å². The molecule has 1 rings (SSSR count). The van der Waals surface area contributed by atoms with Gasteiger partial charge in [-0.2, -0.15) is 0 Å². The van der Waals surface area contributed by atoms with Gasteiger partial charge in [-0.15, -0.1) is 0 Å². The van der Waals surface area contributed by atoms with Crippen LogP contribution in [0.5, 0.6) is 5.75 Å². The minimum absolute atomic E-state index is 0.209. The zero-order chi connectivity index (χ0) is 15.0. The second-order valence-corrected chi connectivity index (χ2v) is 4.75. The number of methoxy groups -OCH3 is 1. The highest BCUT2D eigenvalue weighted by molar-refractivity contribution is 5.75. The van der Waals surface area contributed by atoms with Gasteiger partial charge < -0.3 is 19.9 Å². The Morgan fingerprint density at radius 3 is 2.40 bits per heavy atom. The van der Waals surface area contributed by atoms with E-state index in [0.29, 0.717) is 19.6 Å². The normalized spacial score (nSPS) is 12.2. The van der Waals surface area contributed by atoms with Gasteiger partial charge in [-0.3, -0.25) is 4.79 Å². The van der Waals surface area contributed by atoms with Crippen molar-refractivity contribution in [2.75, 3.05) is 20.3 Å². The van der Waals surface area contributed by atoms with E-state index in [0.717, 1.165) is 11.3 Å². The molecular weight excluding hydrogens is 258 g/mol. The first-order chi connectivity index (χ1) is 9.52. The molecule has 1 aromatic carbocycles. The Kier molecular flexibility index (Phi) is 7.04. The van der Waals surface area contributed by atoms with E-state index in [1.807, 2.05) is 38.1 Å². The maximum atomic E-state index is 11.2. The van der Waals surface area contributed by atoms with Crippen LogP contribution in [-0.2, 0) is 20.7 Å². The SMILES string of the molecule is COC(=O)C(N)Cc1ccc(OCCOC(C)C)cc1. The molecule has 0 heterocycles. The third-order valence-electron chi connectivity index (χ3n) is 2.69. The first kappa shape index (κ1) is 16.5. The fraction of sp³-hybridized carbons (Fsp3) is 0.533. The molecule has 1 atom stereocenters. The summed E-state index contributed by atoms with van der Waals surface area (Å²) in [6.07, 6.45) is 0.657. The average Bonchev–Trinajstić information content (AvgIpc) is 2.44. The van der Waals surface area contributed by atoms with Crippen molar-refractivity contribution in [1.29, 1.82) is 0 Å². The van der Waals surface area contributed by atoms with Crippen molar-refractivity contribution in [3.63, 3.8) is 0 Å². The molecule has 0 aliphatic carbocycles. The van der Waals surface area contributed by atoms with E-state index in [9.17, 15) is 4.79 Å². The van der Waals surface area contributed by atoms with Crippen LogP contribution in [0.2, 0.25) is 0 Å². The van der Waals surface area contributed by atoms with E-state index in [4.69, 9.17) is 15.2 Å². The van der Waals surface area contributed by atoms with Crippen molar-refractivity contribution in [3.8, 4) is 5.75 Å². The maximum Gasteiger partial charge on any atom is 0.322 e. The van der Waals surface area contributed by atoms with Crippen LogP contribution in [0.3, 0.4) is 0 Å². The Labute approximate surface area is 120 Å². The van der Waals surface area contributed by atoms with E-state index in [2.05, 4.69) is 4.74 Å². The molecule has 0 fully saturated rings. The largest absolute Gasteiger partial charge is 0.491 e. The van der Waals surface area contributed by atoms with Gasteiger partial charge in [-0.05, 0) is 38.0 Å². The topological polar surface area (TPSA) is 70.8 Å². The van der Waals surface area contributed by atoms with Gasteiger partial charge in [0.05, 0.1) is 19.8 Å². The molecule has 5 heteroatoms. The lowest BCUT2D eigenvalue weighted by Crippen LogP contribution is -2.33. The molecule has 0 aliphatic rings. The standard InChI is InChI=1S/C15H23NO4/c1-11(2)19-8-9-20-13-6-4-12(5-7-13)10-14(16)15(17)18-3/h4-7,11,14H,8-10,16H2,1-3H3. The smallest absolute Gasteiger partial charge is 0.322 e. The van der Waals surface area contributed by atoms with Gasteiger partial charge in [-0.25, -0.2) is 0 Å². The van der Waals surface area contributed by atoms with Crippen LogP contribution in [0.1, 0.15) is 19.4 Å². The van der Waals surface area contributed by atoms with Gasteiger partial charge in [0.15, 0.2) is 0 Å². The molecule has 0 aliphatic heterocycles. The van der Waals surface area contributed by atoms with Crippen LogP contribution >= 0.6 is 0 Å².